The molecule has 0 radical (unpaired) electrons. The second-order valence-electron chi connectivity index (χ2n) is 5.41. The molecule has 1 heterocycles. The van der Waals surface area contributed by atoms with Gasteiger partial charge in [0.2, 0.25) is 11.9 Å². The van der Waals surface area contributed by atoms with Gasteiger partial charge in [-0.15, -0.1) is 0 Å². The Morgan fingerprint density at radius 2 is 2.09 bits per heavy atom. The van der Waals surface area contributed by atoms with Crippen LogP contribution in [0.3, 0.4) is 0 Å². The Bertz CT molecular complexity index is 617. The highest BCUT2D eigenvalue weighted by Gasteiger charge is 2.32. The number of hydroxylamine groups is 2. The van der Waals surface area contributed by atoms with Crippen LogP contribution < -0.4 is 11.5 Å². The van der Waals surface area contributed by atoms with Crippen molar-refractivity contribution in [3.63, 3.8) is 0 Å². The summed E-state index contributed by atoms with van der Waals surface area (Å²) in [5.41, 5.74) is 11.6. The van der Waals surface area contributed by atoms with Crippen molar-refractivity contribution in [3.05, 3.63) is 34.6 Å². The molecule has 0 fully saturated rings. The Morgan fingerprint density at radius 3 is 2.73 bits per heavy atom. The van der Waals surface area contributed by atoms with Crippen LogP contribution in [0.15, 0.2) is 28.2 Å². The van der Waals surface area contributed by atoms with Gasteiger partial charge in [0.1, 0.15) is 5.82 Å². The first-order chi connectivity index (χ1) is 10.3. The number of halogens is 2. The predicted molar refractivity (Wildman–Crippen MR) is 84.8 cm³/mol. The lowest BCUT2D eigenvalue weighted by atomic mass is 10.1. The Morgan fingerprint density at radius 1 is 1.36 bits per heavy atom. The minimum atomic E-state index is -0.713. The van der Waals surface area contributed by atoms with Crippen LogP contribution in [0, 0.1) is 5.82 Å². The SMILES string of the molecule is CC1(C)N=C(N)N=C(N)N1OCCCc1ccc(F)c(Cl)c1. The van der Waals surface area contributed by atoms with E-state index in [2.05, 4.69) is 9.98 Å². The first-order valence-electron chi connectivity index (χ1n) is 6.86. The fourth-order valence-electron chi connectivity index (χ4n) is 2.15. The molecule has 1 aliphatic heterocycles. The van der Waals surface area contributed by atoms with E-state index in [0.29, 0.717) is 19.4 Å². The minimum Gasteiger partial charge on any atom is -0.368 e. The van der Waals surface area contributed by atoms with Crippen molar-refractivity contribution in [1.82, 2.24) is 5.06 Å². The molecule has 0 saturated carbocycles. The van der Waals surface area contributed by atoms with E-state index >= 15 is 0 Å². The summed E-state index contributed by atoms with van der Waals surface area (Å²) in [6.07, 6.45) is 1.41. The number of nitrogens with two attached hydrogens (primary N) is 2. The summed E-state index contributed by atoms with van der Waals surface area (Å²) in [6.45, 7) is 4.05. The maximum atomic E-state index is 13.1. The summed E-state index contributed by atoms with van der Waals surface area (Å²) in [7, 11) is 0. The quantitative estimate of drug-likeness (QED) is 0.810. The van der Waals surface area contributed by atoms with Crippen molar-refractivity contribution >= 4 is 23.5 Å². The topological polar surface area (TPSA) is 89.2 Å². The fourth-order valence-corrected chi connectivity index (χ4v) is 2.35. The van der Waals surface area contributed by atoms with Gasteiger partial charge in [-0.2, -0.15) is 10.1 Å². The molecule has 8 heteroatoms. The molecular formula is C14H19ClFN5O. The number of hydrogen-bond donors (Lipinski definition) is 2. The summed E-state index contributed by atoms with van der Waals surface area (Å²) in [4.78, 5) is 13.7. The van der Waals surface area contributed by atoms with Crippen molar-refractivity contribution in [2.24, 2.45) is 21.5 Å². The number of aryl methyl sites for hydroxylation is 1. The number of guanidine groups is 2. The maximum absolute atomic E-state index is 13.1. The van der Waals surface area contributed by atoms with Crippen molar-refractivity contribution in [2.45, 2.75) is 32.4 Å². The van der Waals surface area contributed by atoms with Gasteiger partial charge in [-0.1, -0.05) is 17.7 Å². The molecule has 120 valence electrons. The Balaban J connectivity index is 1.86. The van der Waals surface area contributed by atoms with Gasteiger partial charge in [-0.25, -0.2) is 9.38 Å². The molecule has 0 atom stereocenters. The summed E-state index contributed by atoms with van der Waals surface area (Å²) < 4.78 is 13.1. The van der Waals surface area contributed by atoms with E-state index in [1.54, 1.807) is 12.1 Å². The lowest BCUT2D eigenvalue weighted by Gasteiger charge is -2.36. The summed E-state index contributed by atoms with van der Waals surface area (Å²) >= 11 is 5.75. The molecule has 1 aromatic carbocycles. The number of aliphatic imine (C=N–C) groups is 2. The molecule has 1 aromatic rings. The third-order valence-electron chi connectivity index (χ3n) is 3.14. The van der Waals surface area contributed by atoms with Crippen molar-refractivity contribution in [2.75, 3.05) is 6.61 Å². The smallest absolute Gasteiger partial charge is 0.226 e. The summed E-state index contributed by atoms with van der Waals surface area (Å²) in [6, 6.07) is 4.67. The first kappa shape index (κ1) is 16.5. The van der Waals surface area contributed by atoms with Crippen LogP contribution in [0.5, 0.6) is 0 Å². The molecule has 1 aliphatic rings. The third kappa shape index (κ3) is 3.86. The van der Waals surface area contributed by atoms with Gasteiger partial charge >= 0.3 is 0 Å². The van der Waals surface area contributed by atoms with Crippen LogP contribution in [-0.2, 0) is 11.3 Å². The molecule has 22 heavy (non-hydrogen) atoms. The highest BCUT2D eigenvalue weighted by molar-refractivity contribution is 6.30. The summed E-state index contributed by atoms with van der Waals surface area (Å²) in [5.74, 6) is -0.123. The van der Waals surface area contributed by atoms with Crippen LogP contribution in [-0.4, -0.2) is 29.3 Å². The predicted octanol–water partition coefficient (Wildman–Crippen LogP) is 2.02. The molecule has 4 N–H and O–H groups in total. The molecule has 0 aliphatic carbocycles. The average Bonchev–Trinajstić information content (AvgIpc) is 2.40. The van der Waals surface area contributed by atoms with Crippen LogP contribution in [0.1, 0.15) is 25.8 Å². The number of benzene rings is 1. The Kier molecular flexibility index (Phi) is 4.87. The first-order valence-corrected chi connectivity index (χ1v) is 7.24. The van der Waals surface area contributed by atoms with E-state index in [1.807, 2.05) is 13.8 Å². The monoisotopic (exact) mass is 327 g/mol. The zero-order chi connectivity index (χ0) is 16.3. The van der Waals surface area contributed by atoms with Gasteiger partial charge in [0, 0.05) is 0 Å². The molecular weight excluding hydrogens is 309 g/mol. The average molecular weight is 328 g/mol. The van der Waals surface area contributed by atoms with Crippen molar-refractivity contribution in [3.8, 4) is 0 Å². The molecule has 6 nitrogen and oxygen atoms in total. The normalized spacial score (nSPS) is 17.2. The van der Waals surface area contributed by atoms with Crippen LogP contribution >= 0.6 is 11.6 Å². The summed E-state index contributed by atoms with van der Waals surface area (Å²) in [5, 5.41) is 1.55. The van der Waals surface area contributed by atoms with Crippen LogP contribution in [0.25, 0.3) is 0 Å². The second kappa shape index (κ2) is 6.50. The van der Waals surface area contributed by atoms with Gasteiger partial charge in [-0.05, 0) is 44.4 Å². The van der Waals surface area contributed by atoms with Gasteiger partial charge in [0.05, 0.1) is 11.6 Å². The fraction of sp³-hybridized carbons (Fsp3) is 0.429. The van der Waals surface area contributed by atoms with E-state index in [4.69, 9.17) is 27.9 Å². The lowest BCUT2D eigenvalue weighted by molar-refractivity contribution is -0.157. The van der Waals surface area contributed by atoms with Gasteiger partial charge in [0.15, 0.2) is 5.66 Å². The molecule has 0 unspecified atom stereocenters. The minimum absolute atomic E-state index is 0.122. The van der Waals surface area contributed by atoms with Gasteiger partial charge < -0.3 is 11.5 Å². The largest absolute Gasteiger partial charge is 0.368 e. The lowest BCUT2D eigenvalue weighted by Crippen LogP contribution is -2.53. The van der Waals surface area contributed by atoms with E-state index in [9.17, 15) is 4.39 Å². The number of nitrogens with zero attached hydrogens (tertiary/aromatic N) is 3. The maximum Gasteiger partial charge on any atom is 0.226 e. The Labute approximate surface area is 133 Å². The third-order valence-corrected chi connectivity index (χ3v) is 3.43. The molecule has 0 saturated heterocycles. The van der Waals surface area contributed by atoms with E-state index < -0.39 is 11.5 Å². The van der Waals surface area contributed by atoms with Gasteiger partial charge in [0.25, 0.3) is 0 Å². The van der Waals surface area contributed by atoms with Crippen LogP contribution in [0.4, 0.5) is 4.39 Å². The number of hydrogen-bond acceptors (Lipinski definition) is 6. The molecule has 0 aromatic heterocycles. The molecule has 2 rings (SSSR count). The highest BCUT2D eigenvalue weighted by Crippen LogP contribution is 2.20. The highest BCUT2D eigenvalue weighted by atomic mass is 35.5. The Hall–Kier alpha value is -1.86. The van der Waals surface area contributed by atoms with Gasteiger partial charge in [-0.3, -0.25) is 4.84 Å². The van der Waals surface area contributed by atoms with Crippen LogP contribution in [0.2, 0.25) is 5.02 Å². The van der Waals surface area contributed by atoms with E-state index in [1.165, 1.54) is 11.1 Å². The zero-order valence-corrected chi connectivity index (χ0v) is 13.3. The zero-order valence-electron chi connectivity index (χ0n) is 12.5. The molecule has 0 spiro atoms. The van der Waals surface area contributed by atoms with E-state index in [-0.39, 0.29) is 16.9 Å². The van der Waals surface area contributed by atoms with E-state index in [0.717, 1.165) is 5.56 Å². The molecule has 0 bridgehead atoms. The molecule has 0 amide bonds. The second-order valence-corrected chi connectivity index (χ2v) is 5.82. The van der Waals surface area contributed by atoms with Crippen molar-refractivity contribution < 1.29 is 9.23 Å². The van der Waals surface area contributed by atoms with Crippen molar-refractivity contribution in [1.29, 1.82) is 0 Å². The standard InChI is InChI=1S/C14H19ClFN5O/c1-14(2)20-12(17)19-13(18)21(14)22-7-3-4-9-5-6-11(16)10(15)8-9/h5-6,8H,3-4,7H2,1-2H3,(H4,17,18,19,20). The number of rotatable bonds is 5.